The summed E-state index contributed by atoms with van der Waals surface area (Å²) in [7, 11) is -2.81. The van der Waals surface area contributed by atoms with Gasteiger partial charge in [-0.15, -0.1) is 11.3 Å². The Morgan fingerprint density at radius 1 is 1.23 bits per heavy atom. The molecule has 35 heavy (non-hydrogen) atoms. The van der Waals surface area contributed by atoms with Gasteiger partial charge in [0, 0.05) is 18.0 Å². The van der Waals surface area contributed by atoms with Crippen LogP contribution in [0.15, 0.2) is 35.2 Å². The number of hydrogen-bond acceptors (Lipinski definition) is 8. The molecule has 2 heterocycles. The summed E-state index contributed by atoms with van der Waals surface area (Å²) >= 11 is 0.998. The van der Waals surface area contributed by atoms with E-state index in [0.717, 1.165) is 28.5 Å². The van der Waals surface area contributed by atoms with Crippen LogP contribution in [0.4, 0.5) is 0 Å². The van der Waals surface area contributed by atoms with Gasteiger partial charge >= 0.3 is 0 Å². The van der Waals surface area contributed by atoms with Crippen molar-refractivity contribution in [1.29, 1.82) is 0 Å². The van der Waals surface area contributed by atoms with Crippen molar-refractivity contribution >= 4 is 33.2 Å². The van der Waals surface area contributed by atoms with Crippen LogP contribution in [0.5, 0.6) is 5.75 Å². The Bertz CT molecular complexity index is 1170. The Balaban J connectivity index is 1.88. The van der Waals surface area contributed by atoms with Gasteiger partial charge in [-0.2, -0.15) is 4.31 Å². The van der Waals surface area contributed by atoms with Gasteiger partial charge in [-0.1, -0.05) is 20.8 Å². The van der Waals surface area contributed by atoms with Gasteiger partial charge < -0.3 is 15.2 Å². The number of hydrogen-bond donors (Lipinski definition) is 4. The minimum absolute atomic E-state index is 0.114. The Kier molecular flexibility index (Phi) is 8.22. The fraction of sp³-hybridized carbons (Fsp3) is 0.478. The van der Waals surface area contributed by atoms with Gasteiger partial charge in [0.15, 0.2) is 0 Å². The third-order valence-corrected chi connectivity index (χ3v) is 8.79. The number of nitrogens with zero attached hydrogens (tertiary/aromatic N) is 1. The number of sulfonamides is 1. The fourth-order valence-corrected chi connectivity index (χ4v) is 6.54. The molecular formula is C23H31N3O7S2. The van der Waals surface area contributed by atoms with Gasteiger partial charge in [0.1, 0.15) is 17.9 Å². The van der Waals surface area contributed by atoms with E-state index in [2.05, 4.69) is 26.1 Å². The lowest BCUT2D eigenvalue weighted by Crippen LogP contribution is -2.53. The first-order valence-corrected chi connectivity index (χ1v) is 13.3. The van der Waals surface area contributed by atoms with Gasteiger partial charge in [0.2, 0.25) is 10.0 Å². The number of carbonyl (C=O) groups is 2. The molecule has 10 nitrogen and oxygen atoms in total. The minimum atomic E-state index is -4.26. The lowest BCUT2D eigenvalue weighted by atomic mass is 9.91. The van der Waals surface area contributed by atoms with Gasteiger partial charge in [0.25, 0.3) is 11.8 Å². The molecule has 1 aliphatic rings. The molecule has 0 bridgehead atoms. The zero-order valence-corrected chi connectivity index (χ0v) is 21.7. The summed E-state index contributed by atoms with van der Waals surface area (Å²) in [4.78, 5) is 25.6. The fourth-order valence-electron chi connectivity index (χ4n) is 3.86. The van der Waals surface area contributed by atoms with E-state index in [1.165, 1.54) is 42.9 Å². The number of benzene rings is 1. The van der Waals surface area contributed by atoms with Gasteiger partial charge in [-0.25, -0.2) is 13.9 Å². The van der Waals surface area contributed by atoms with Crippen LogP contribution >= 0.6 is 11.3 Å². The number of rotatable bonds is 8. The van der Waals surface area contributed by atoms with Crippen LogP contribution in [-0.2, 0) is 21.4 Å². The van der Waals surface area contributed by atoms with Gasteiger partial charge in [0.05, 0.1) is 16.9 Å². The Morgan fingerprint density at radius 3 is 2.46 bits per heavy atom. The van der Waals surface area contributed by atoms with E-state index >= 15 is 0 Å². The van der Waals surface area contributed by atoms with E-state index in [0.29, 0.717) is 27.6 Å². The molecule has 0 aliphatic carbocycles. The normalized spacial score (nSPS) is 18.6. The molecule has 3 rings (SSSR count). The summed E-state index contributed by atoms with van der Waals surface area (Å²) in [5, 5.41) is 23.0. The summed E-state index contributed by atoms with van der Waals surface area (Å²) in [5.74, 6) is -0.967. The molecule has 0 spiro atoms. The monoisotopic (exact) mass is 525 g/mol. The number of fused-ring (bicyclic) bond motifs is 1. The van der Waals surface area contributed by atoms with Crippen molar-refractivity contribution in [2.75, 3.05) is 13.7 Å². The first-order valence-electron chi connectivity index (χ1n) is 11.1. The van der Waals surface area contributed by atoms with Crippen LogP contribution in [0.1, 0.15) is 59.8 Å². The van der Waals surface area contributed by atoms with Crippen LogP contribution in [0.2, 0.25) is 0 Å². The molecule has 12 heteroatoms. The average Bonchev–Trinajstić information content (AvgIpc) is 3.25. The van der Waals surface area contributed by atoms with Crippen molar-refractivity contribution < 1.29 is 33.1 Å². The number of hydroxylamine groups is 1. The number of carbonyl (C=O) groups excluding carboxylic acids is 2. The quantitative estimate of drug-likeness (QED) is 0.235. The van der Waals surface area contributed by atoms with Gasteiger partial charge in [-0.05, 0) is 54.2 Å². The molecule has 0 saturated carbocycles. The van der Waals surface area contributed by atoms with Crippen LogP contribution in [0.3, 0.4) is 0 Å². The van der Waals surface area contributed by atoms with Crippen LogP contribution in [0.25, 0.3) is 0 Å². The first-order chi connectivity index (χ1) is 16.4. The lowest BCUT2D eigenvalue weighted by Gasteiger charge is -2.36. The number of aliphatic hydroxyl groups excluding tert-OH is 1. The van der Waals surface area contributed by atoms with Crippen LogP contribution in [0, 0.1) is 5.41 Å². The number of aliphatic hydroxyl groups is 1. The molecule has 1 aromatic carbocycles. The Labute approximate surface area is 208 Å². The number of ether oxygens (including phenoxy) is 1. The second-order valence-electron chi connectivity index (χ2n) is 9.51. The topological polar surface area (TPSA) is 145 Å². The van der Waals surface area contributed by atoms with E-state index < -0.39 is 28.1 Å². The summed E-state index contributed by atoms with van der Waals surface area (Å²) in [6, 6.07) is 5.49. The van der Waals surface area contributed by atoms with Crippen molar-refractivity contribution in [3.63, 3.8) is 0 Å². The molecule has 0 saturated heterocycles. The van der Waals surface area contributed by atoms with Gasteiger partial charge in [-0.3, -0.25) is 14.8 Å². The molecule has 2 amide bonds. The molecule has 0 radical (unpaired) electrons. The van der Waals surface area contributed by atoms with Crippen LogP contribution in [-0.4, -0.2) is 54.5 Å². The number of methoxy groups -OCH3 is 1. The Morgan fingerprint density at radius 2 is 1.89 bits per heavy atom. The zero-order valence-electron chi connectivity index (χ0n) is 20.1. The average molecular weight is 526 g/mol. The highest BCUT2D eigenvalue weighted by Crippen LogP contribution is 2.40. The number of amides is 2. The molecule has 2 aromatic rings. The van der Waals surface area contributed by atoms with Crippen molar-refractivity contribution in [2.45, 2.75) is 57.2 Å². The second-order valence-corrected chi connectivity index (χ2v) is 12.5. The van der Waals surface area contributed by atoms with Crippen molar-refractivity contribution in [2.24, 2.45) is 5.41 Å². The maximum atomic E-state index is 13.4. The third kappa shape index (κ3) is 6.01. The predicted octanol–water partition coefficient (Wildman–Crippen LogP) is 2.42. The SMILES string of the molecule is COc1ccc(S(=O)(=O)N2Cc3cc(C(=O)NCCCC(C)(C)C)sc3[C@H](O)[C@@H]2C(=O)NO)cc1. The molecule has 1 aliphatic heterocycles. The highest BCUT2D eigenvalue weighted by atomic mass is 32.2. The summed E-state index contributed by atoms with van der Waals surface area (Å²) in [5.41, 5.74) is 2.01. The molecule has 0 fully saturated rings. The van der Waals surface area contributed by atoms with Crippen LogP contribution < -0.4 is 15.5 Å². The largest absolute Gasteiger partial charge is 0.497 e. The van der Waals surface area contributed by atoms with Crippen molar-refractivity contribution in [3.05, 3.63) is 45.6 Å². The summed E-state index contributed by atoms with van der Waals surface area (Å²) in [6.07, 6.45) is 0.157. The van der Waals surface area contributed by atoms with E-state index in [1.807, 2.05) is 0 Å². The number of nitrogens with one attached hydrogen (secondary N) is 2. The van der Waals surface area contributed by atoms with E-state index in [4.69, 9.17) is 4.74 Å². The van der Waals surface area contributed by atoms with E-state index in [-0.39, 0.29) is 22.8 Å². The minimum Gasteiger partial charge on any atom is -0.497 e. The van der Waals surface area contributed by atoms with Crippen molar-refractivity contribution in [3.8, 4) is 5.75 Å². The molecular weight excluding hydrogens is 494 g/mol. The predicted molar refractivity (Wildman–Crippen MR) is 130 cm³/mol. The molecule has 2 atom stereocenters. The van der Waals surface area contributed by atoms with Crippen molar-refractivity contribution in [1.82, 2.24) is 15.1 Å². The van der Waals surface area contributed by atoms with E-state index in [9.17, 15) is 28.3 Å². The molecule has 1 aromatic heterocycles. The summed E-state index contributed by atoms with van der Waals surface area (Å²) < 4.78 is 32.7. The maximum absolute atomic E-state index is 13.4. The smallest absolute Gasteiger partial charge is 0.264 e. The molecule has 192 valence electrons. The Hall–Kier alpha value is -2.51. The lowest BCUT2D eigenvalue weighted by molar-refractivity contribution is -0.137. The highest BCUT2D eigenvalue weighted by Gasteiger charge is 2.46. The molecule has 4 N–H and O–H groups in total. The number of thiophene rings is 1. The maximum Gasteiger partial charge on any atom is 0.264 e. The standard InChI is InChI=1S/C23H31N3O7S2/c1-23(2,3)10-5-11-24-21(28)17-12-14-13-26(18(22(29)25-30)19(27)20(14)34-17)35(31,32)16-8-6-15(33-4)7-9-16/h6-9,12,18-19,27,30H,5,10-11,13H2,1-4H3,(H,24,28)(H,25,29)/t18-,19-/m1/s1. The summed E-state index contributed by atoms with van der Waals surface area (Å²) in [6.45, 7) is 6.58. The highest BCUT2D eigenvalue weighted by molar-refractivity contribution is 7.89. The third-order valence-electron chi connectivity index (χ3n) is 5.70. The molecule has 0 unspecified atom stereocenters. The van der Waals surface area contributed by atoms with E-state index in [1.54, 1.807) is 0 Å². The zero-order chi connectivity index (χ0) is 26.0. The second kappa shape index (κ2) is 10.6. The first kappa shape index (κ1) is 27.1.